The zero-order chi connectivity index (χ0) is 17.4. The first-order valence-corrected chi connectivity index (χ1v) is 9.13. The largest absolute Gasteiger partial charge is 0.396 e. The molecule has 0 aromatic carbocycles. The summed E-state index contributed by atoms with van der Waals surface area (Å²) in [6.07, 6.45) is 8.35. The Bertz CT molecular complexity index is 438. The second-order valence-electron chi connectivity index (χ2n) is 6.67. The van der Waals surface area contributed by atoms with E-state index in [1.807, 2.05) is 17.1 Å². The normalized spacial score (nSPS) is 23.5. The summed E-state index contributed by atoms with van der Waals surface area (Å²) in [5, 5.41) is 18.1. The number of aliphatic hydroxyl groups excluding tert-OH is 2. The smallest absolute Gasteiger partial charge is 0.226 e. The summed E-state index contributed by atoms with van der Waals surface area (Å²) in [5.41, 5.74) is 0. The van der Waals surface area contributed by atoms with E-state index in [0.29, 0.717) is 38.8 Å². The number of hydrogen-bond acceptors (Lipinski definition) is 4. The van der Waals surface area contributed by atoms with Crippen molar-refractivity contribution in [3.63, 3.8) is 0 Å². The van der Waals surface area contributed by atoms with E-state index in [4.69, 9.17) is 10.2 Å². The van der Waals surface area contributed by atoms with Gasteiger partial charge in [0.15, 0.2) is 0 Å². The van der Waals surface area contributed by atoms with Crippen LogP contribution in [0.1, 0.15) is 38.5 Å². The fourth-order valence-electron chi connectivity index (χ4n) is 3.62. The first kappa shape index (κ1) is 18.9. The molecule has 0 saturated carbocycles. The zero-order valence-corrected chi connectivity index (χ0v) is 14.4. The summed E-state index contributed by atoms with van der Waals surface area (Å²) >= 11 is 0. The Balaban J connectivity index is 2.07. The van der Waals surface area contributed by atoms with Gasteiger partial charge in [-0.2, -0.15) is 0 Å². The number of nitrogens with zero attached hydrogens (tertiary/aromatic N) is 2. The molecule has 0 aromatic heterocycles. The Morgan fingerprint density at radius 2 is 1.50 bits per heavy atom. The van der Waals surface area contributed by atoms with E-state index in [0.717, 1.165) is 25.9 Å². The van der Waals surface area contributed by atoms with Gasteiger partial charge in [-0.25, -0.2) is 0 Å². The van der Waals surface area contributed by atoms with Gasteiger partial charge >= 0.3 is 0 Å². The van der Waals surface area contributed by atoms with Crippen LogP contribution in [0.2, 0.25) is 0 Å². The molecule has 24 heavy (non-hydrogen) atoms. The number of carbonyl (C=O) groups is 2. The van der Waals surface area contributed by atoms with Crippen LogP contribution in [0.4, 0.5) is 0 Å². The van der Waals surface area contributed by atoms with Crippen molar-refractivity contribution < 1.29 is 19.8 Å². The van der Waals surface area contributed by atoms with Gasteiger partial charge < -0.3 is 20.0 Å². The van der Waals surface area contributed by atoms with E-state index >= 15 is 0 Å². The molecule has 2 N–H and O–H groups in total. The second kappa shape index (κ2) is 9.79. The molecule has 6 heteroatoms. The highest BCUT2D eigenvalue weighted by molar-refractivity contribution is 5.88. The molecule has 6 nitrogen and oxygen atoms in total. The summed E-state index contributed by atoms with van der Waals surface area (Å²) < 4.78 is 0. The minimum absolute atomic E-state index is 0.0150. The summed E-state index contributed by atoms with van der Waals surface area (Å²) in [6.45, 7) is 2.62. The molecule has 2 atom stereocenters. The fourth-order valence-corrected chi connectivity index (χ4v) is 3.62. The number of hydrogen-bond donors (Lipinski definition) is 2. The average molecular weight is 338 g/mol. The van der Waals surface area contributed by atoms with E-state index in [9.17, 15) is 9.59 Å². The van der Waals surface area contributed by atoms with Gasteiger partial charge in [0.25, 0.3) is 0 Å². The molecular weight excluding hydrogens is 308 g/mol. The molecule has 1 aliphatic heterocycles. The Morgan fingerprint density at radius 3 is 2.04 bits per heavy atom. The lowest BCUT2D eigenvalue weighted by Crippen LogP contribution is -2.46. The van der Waals surface area contributed by atoms with Crippen LogP contribution in [0.5, 0.6) is 0 Å². The molecule has 2 unspecified atom stereocenters. The van der Waals surface area contributed by atoms with Gasteiger partial charge in [0.2, 0.25) is 11.8 Å². The molecule has 1 aliphatic carbocycles. The predicted molar refractivity (Wildman–Crippen MR) is 91.2 cm³/mol. The fraction of sp³-hybridized carbons (Fsp3) is 0.778. The third-order valence-electron chi connectivity index (χ3n) is 4.97. The van der Waals surface area contributed by atoms with Crippen molar-refractivity contribution in [2.75, 3.05) is 39.4 Å². The molecule has 1 fully saturated rings. The maximum atomic E-state index is 13.0. The lowest BCUT2D eigenvalue weighted by molar-refractivity contribution is -0.146. The van der Waals surface area contributed by atoms with Crippen LogP contribution in [0.15, 0.2) is 12.2 Å². The lowest BCUT2D eigenvalue weighted by atomic mass is 9.81. The highest BCUT2D eigenvalue weighted by Gasteiger charge is 2.38. The molecule has 0 bridgehead atoms. The van der Waals surface area contributed by atoms with Crippen molar-refractivity contribution in [1.29, 1.82) is 0 Å². The minimum Gasteiger partial charge on any atom is -0.396 e. The molecule has 0 radical (unpaired) electrons. The van der Waals surface area contributed by atoms with Crippen LogP contribution < -0.4 is 0 Å². The maximum Gasteiger partial charge on any atom is 0.226 e. The molecule has 136 valence electrons. The molecular formula is C18H30N2O4. The van der Waals surface area contributed by atoms with Gasteiger partial charge in [-0.1, -0.05) is 12.2 Å². The number of amides is 2. The van der Waals surface area contributed by atoms with E-state index in [1.54, 1.807) is 4.90 Å². The molecule has 2 aliphatic rings. The minimum atomic E-state index is -0.319. The van der Waals surface area contributed by atoms with Crippen LogP contribution in [-0.2, 0) is 9.59 Å². The number of carbonyl (C=O) groups excluding carboxylic acids is 2. The molecule has 2 amide bonds. The Morgan fingerprint density at radius 1 is 0.958 bits per heavy atom. The quantitative estimate of drug-likeness (QED) is 0.641. The van der Waals surface area contributed by atoms with Gasteiger partial charge in [0, 0.05) is 39.4 Å². The third-order valence-corrected chi connectivity index (χ3v) is 4.97. The number of likely N-dealkylation sites (tertiary alicyclic amines) is 1. The Hall–Kier alpha value is -1.40. The third kappa shape index (κ3) is 4.80. The zero-order valence-electron chi connectivity index (χ0n) is 14.4. The molecule has 0 aromatic rings. The van der Waals surface area contributed by atoms with Crippen molar-refractivity contribution >= 4 is 11.8 Å². The van der Waals surface area contributed by atoms with E-state index in [1.165, 1.54) is 0 Å². The van der Waals surface area contributed by atoms with Crippen molar-refractivity contribution in [3.05, 3.63) is 12.2 Å². The maximum absolute atomic E-state index is 13.0. The number of rotatable bonds is 8. The second-order valence-corrected chi connectivity index (χ2v) is 6.67. The van der Waals surface area contributed by atoms with Gasteiger partial charge in [0.05, 0.1) is 11.8 Å². The average Bonchev–Trinajstić information content (AvgIpc) is 3.15. The summed E-state index contributed by atoms with van der Waals surface area (Å²) in [6, 6.07) is 0. The highest BCUT2D eigenvalue weighted by atomic mass is 16.3. The van der Waals surface area contributed by atoms with Gasteiger partial charge in [-0.15, -0.1) is 0 Å². The lowest BCUT2D eigenvalue weighted by Gasteiger charge is -2.34. The van der Waals surface area contributed by atoms with Crippen molar-refractivity contribution in [1.82, 2.24) is 9.80 Å². The van der Waals surface area contributed by atoms with E-state index < -0.39 is 0 Å². The van der Waals surface area contributed by atoms with Crippen LogP contribution in [0.25, 0.3) is 0 Å². The standard InChI is InChI=1S/C18H30N2O4/c21-13-5-11-20(12-6-14-22)18(24)16-8-2-1-7-15(16)17(23)19-9-3-4-10-19/h1-2,15-16,21-22H,3-14H2. The number of allylic oxidation sites excluding steroid dienone is 2. The number of aliphatic hydroxyl groups is 2. The molecule has 2 rings (SSSR count). The Kier molecular flexibility index (Phi) is 7.72. The monoisotopic (exact) mass is 338 g/mol. The summed E-state index contributed by atoms with van der Waals surface area (Å²) in [5.74, 6) is -0.495. The van der Waals surface area contributed by atoms with Gasteiger partial charge in [-0.3, -0.25) is 9.59 Å². The summed E-state index contributed by atoms with van der Waals surface area (Å²) in [7, 11) is 0. The predicted octanol–water partition coefficient (Wildman–Crippen LogP) is 0.785. The van der Waals surface area contributed by atoms with Crippen molar-refractivity contribution in [2.45, 2.75) is 38.5 Å². The van der Waals surface area contributed by atoms with Crippen LogP contribution >= 0.6 is 0 Å². The Labute approximate surface area is 144 Å². The van der Waals surface area contributed by atoms with Crippen molar-refractivity contribution in [3.8, 4) is 0 Å². The first-order chi connectivity index (χ1) is 11.7. The molecule has 1 heterocycles. The first-order valence-electron chi connectivity index (χ1n) is 9.13. The van der Waals surface area contributed by atoms with Crippen LogP contribution in [0, 0.1) is 11.8 Å². The van der Waals surface area contributed by atoms with E-state index in [-0.39, 0.29) is 36.9 Å². The van der Waals surface area contributed by atoms with Gasteiger partial charge in [0.1, 0.15) is 0 Å². The van der Waals surface area contributed by atoms with Crippen molar-refractivity contribution in [2.24, 2.45) is 11.8 Å². The topological polar surface area (TPSA) is 81.1 Å². The van der Waals surface area contributed by atoms with E-state index in [2.05, 4.69) is 0 Å². The SMILES string of the molecule is O=C(C1CC=CCC1C(=O)N1CCCC1)N(CCCO)CCCO. The summed E-state index contributed by atoms with van der Waals surface area (Å²) in [4.78, 5) is 29.4. The van der Waals surface area contributed by atoms with Crippen LogP contribution in [0.3, 0.4) is 0 Å². The molecule has 0 spiro atoms. The van der Waals surface area contributed by atoms with Crippen LogP contribution in [-0.4, -0.2) is 71.2 Å². The highest BCUT2D eigenvalue weighted by Crippen LogP contribution is 2.30. The molecule has 1 saturated heterocycles. The van der Waals surface area contributed by atoms with Gasteiger partial charge in [-0.05, 0) is 38.5 Å².